The minimum atomic E-state index is -1.24. The van der Waals surface area contributed by atoms with Crippen molar-refractivity contribution < 1.29 is 34.1 Å². The second kappa shape index (κ2) is 14.1. The molecular weight excluding hydrogens is 442 g/mol. The Labute approximate surface area is 197 Å². The zero-order valence-electron chi connectivity index (χ0n) is 18.6. The fourth-order valence-corrected chi connectivity index (χ4v) is 3.10. The molecule has 2 aromatic rings. The van der Waals surface area contributed by atoms with E-state index in [0.29, 0.717) is 12.8 Å². The molecule has 3 amide bonds. The third-order valence-electron chi connectivity index (χ3n) is 4.89. The highest BCUT2D eigenvalue weighted by atomic mass is 16.5. The molecule has 0 saturated heterocycles. The summed E-state index contributed by atoms with van der Waals surface area (Å²) in [6.07, 6.45) is 0.476. The summed E-state index contributed by atoms with van der Waals surface area (Å²) in [5, 5.41) is 25.9. The summed E-state index contributed by atoms with van der Waals surface area (Å²) >= 11 is 0. The number of urea groups is 1. The fraction of sp³-hybridized carbons (Fsp3) is 0.333. The molecule has 2 atom stereocenters. The van der Waals surface area contributed by atoms with Crippen molar-refractivity contribution in [3.8, 4) is 0 Å². The minimum absolute atomic E-state index is 0.0629. The summed E-state index contributed by atoms with van der Waals surface area (Å²) in [4.78, 5) is 46.9. The summed E-state index contributed by atoms with van der Waals surface area (Å²) in [6.45, 7) is 0.429. The molecule has 34 heavy (non-hydrogen) atoms. The van der Waals surface area contributed by atoms with E-state index >= 15 is 0 Å². The molecule has 182 valence electrons. The lowest BCUT2D eigenvalue weighted by Gasteiger charge is -2.19. The van der Waals surface area contributed by atoms with Gasteiger partial charge in [-0.25, -0.2) is 19.2 Å². The minimum Gasteiger partial charge on any atom is -0.480 e. The third-order valence-corrected chi connectivity index (χ3v) is 4.89. The van der Waals surface area contributed by atoms with Crippen LogP contribution >= 0.6 is 0 Å². The summed E-state index contributed by atoms with van der Waals surface area (Å²) in [5.74, 6) is -2.46. The topological polar surface area (TPSA) is 154 Å². The first-order valence-corrected chi connectivity index (χ1v) is 10.9. The Balaban J connectivity index is 1.69. The largest absolute Gasteiger partial charge is 0.480 e. The smallest absolute Gasteiger partial charge is 0.407 e. The van der Waals surface area contributed by atoms with Gasteiger partial charge in [0.1, 0.15) is 18.7 Å². The maximum atomic E-state index is 12.2. The lowest BCUT2D eigenvalue weighted by Crippen LogP contribution is -2.51. The average molecular weight is 472 g/mol. The van der Waals surface area contributed by atoms with E-state index in [4.69, 9.17) is 4.74 Å². The van der Waals surface area contributed by atoms with E-state index in [1.165, 1.54) is 0 Å². The Morgan fingerprint density at radius 2 is 1.32 bits per heavy atom. The number of alkyl carbamates (subject to hydrolysis) is 1. The molecule has 0 aliphatic carbocycles. The van der Waals surface area contributed by atoms with Crippen LogP contribution < -0.4 is 16.0 Å². The number of benzene rings is 2. The first-order chi connectivity index (χ1) is 16.3. The van der Waals surface area contributed by atoms with Gasteiger partial charge in [-0.3, -0.25) is 0 Å². The molecule has 0 spiro atoms. The van der Waals surface area contributed by atoms with E-state index in [1.807, 2.05) is 30.3 Å². The van der Waals surface area contributed by atoms with Gasteiger partial charge in [0.2, 0.25) is 0 Å². The highest BCUT2D eigenvalue weighted by molar-refractivity contribution is 5.86. The van der Waals surface area contributed by atoms with E-state index in [1.54, 1.807) is 30.3 Å². The zero-order chi connectivity index (χ0) is 24.8. The average Bonchev–Trinajstić information content (AvgIpc) is 2.82. The number of hydrogen-bond acceptors (Lipinski definition) is 5. The van der Waals surface area contributed by atoms with Crippen LogP contribution in [0.25, 0.3) is 0 Å². The van der Waals surface area contributed by atoms with Gasteiger partial charge in [0, 0.05) is 13.0 Å². The summed E-state index contributed by atoms with van der Waals surface area (Å²) in [7, 11) is 0. The van der Waals surface area contributed by atoms with Crippen LogP contribution in [-0.4, -0.2) is 52.9 Å². The molecule has 0 aliphatic rings. The van der Waals surface area contributed by atoms with Gasteiger partial charge in [0.25, 0.3) is 0 Å². The molecule has 10 nitrogen and oxygen atoms in total. The molecule has 0 radical (unpaired) electrons. The van der Waals surface area contributed by atoms with Crippen LogP contribution in [0.15, 0.2) is 60.7 Å². The van der Waals surface area contributed by atoms with Crippen LogP contribution in [0, 0.1) is 0 Å². The summed E-state index contributed by atoms with van der Waals surface area (Å²) in [5.41, 5.74) is 1.58. The molecule has 2 aromatic carbocycles. The van der Waals surface area contributed by atoms with Crippen molar-refractivity contribution in [3.63, 3.8) is 0 Å². The molecule has 5 N–H and O–H groups in total. The van der Waals surface area contributed by atoms with Crippen LogP contribution in [0.2, 0.25) is 0 Å². The highest BCUT2D eigenvalue weighted by Gasteiger charge is 2.24. The predicted molar refractivity (Wildman–Crippen MR) is 123 cm³/mol. The molecule has 0 fully saturated rings. The Kier molecular flexibility index (Phi) is 10.9. The standard InChI is InChI=1S/C24H29N3O7/c28-21(29)19(13-7-8-14-25-24(33)34-16-18-11-5-2-6-12-18)26-23(32)27-20(22(30)31)15-17-9-3-1-4-10-17/h1-6,9-12,19-20H,7-8,13-16H2,(H,25,33)(H,28,29)(H,30,31)(H2,26,27,32)/t19-,20-/m0/s1. The van der Waals surface area contributed by atoms with Crippen molar-refractivity contribution in [2.45, 2.75) is 44.4 Å². The van der Waals surface area contributed by atoms with E-state index in [-0.39, 0.29) is 26.0 Å². The second-order valence-corrected chi connectivity index (χ2v) is 7.57. The van der Waals surface area contributed by atoms with Crippen LogP contribution in [-0.2, 0) is 27.4 Å². The number of unbranched alkanes of at least 4 members (excludes halogenated alkanes) is 1. The van der Waals surface area contributed by atoms with Gasteiger partial charge in [-0.1, -0.05) is 60.7 Å². The monoisotopic (exact) mass is 471 g/mol. The van der Waals surface area contributed by atoms with Gasteiger partial charge in [-0.05, 0) is 30.4 Å². The van der Waals surface area contributed by atoms with Gasteiger partial charge in [-0.15, -0.1) is 0 Å². The summed E-state index contributed by atoms with van der Waals surface area (Å²) < 4.78 is 5.09. The van der Waals surface area contributed by atoms with Crippen LogP contribution in [0.1, 0.15) is 30.4 Å². The maximum absolute atomic E-state index is 12.2. The molecule has 0 aromatic heterocycles. The third kappa shape index (κ3) is 10.0. The van der Waals surface area contributed by atoms with Crippen molar-refractivity contribution in [3.05, 3.63) is 71.8 Å². The number of nitrogens with one attached hydrogen (secondary N) is 3. The fourth-order valence-electron chi connectivity index (χ4n) is 3.10. The number of ether oxygens (including phenoxy) is 1. The Bertz CT molecular complexity index is 938. The lowest BCUT2D eigenvalue weighted by molar-refractivity contribution is -0.139. The Morgan fingerprint density at radius 3 is 1.91 bits per heavy atom. The predicted octanol–water partition coefficient (Wildman–Crippen LogP) is 2.53. The van der Waals surface area contributed by atoms with E-state index in [9.17, 15) is 29.4 Å². The van der Waals surface area contributed by atoms with Crippen LogP contribution in [0.4, 0.5) is 9.59 Å². The van der Waals surface area contributed by atoms with Crippen LogP contribution in [0.3, 0.4) is 0 Å². The lowest BCUT2D eigenvalue weighted by atomic mass is 10.1. The molecule has 0 saturated carbocycles. The number of carboxylic acids is 2. The van der Waals surface area contributed by atoms with E-state index < -0.39 is 36.1 Å². The number of hydrogen-bond donors (Lipinski definition) is 5. The molecule has 0 heterocycles. The first kappa shape index (κ1) is 26.2. The normalized spacial score (nSPS) is 12.1. The Morgan fingerprint density at radius 1 is 0.765 bits per heavy atom. The van der Waals surface area contributed by atoms with Gasteiger partial charge < -0.3 is 30.9 Å². The van der Waals surface area contributed by atoms with Gasteiger partial charge in [0.05, 0.1) is 0 Å². The SMILES string of the molecule is O=C(N[C@@H](CCCCNC(=O)OCc1ccccc1)C(=O)O)N[C@@H](Cc1ccccc1)C(=O)O. The molecule has 0 bridgehead atoms. The number of carbonyl (C=O) groups is 4. The van der Waals surface area contributed by atoms with Gasteiger partial charge >= 0.3 is 24.1 Å². The summed E-state index contributed by atoms with van der Waals surface area (Å²) in [6, 6.07) is 14.7. The van der Waals surface area contributed by atoms with Crippen molar-refractivity contribution in [1.29, 1.82) is 0 Å². The van der Waals surface area contributed by atoms with Crippen molar-refractivity contribution >= 4 is 24.1 Å². The van der Waals surface area contributed by atoms with E-state index in [2.05, 4.69) is 16.0 Å². The number of carbonyl (C=O) groups excluding carboxylic acids is 2. The van der Waals surface area contributed by atoms with Crippen molar-refractivity contribution in [1.82, 2.24) is 16.0 Å². The van der Waals surface area contributed by atoms with Crippen molar-refractivity contribution in [2.24, 2.45) is 0 Å². The second-order valence-electron chi connectivity index (χ2n) is 7.57. The maximum Gasteiger partial charge on any atom is 0.407 e. The number of carboxylic acid groups (broad SMARTS) is 2. The molecule has 0 aliphatic heterocycles. The van der Waals surface area contributed by atoms with Crippen molar-refractivity contribution in [2.75, 3.05) is 6.54 Å². The number of aliphatic carboxylic acids is 2. The molecule has 10 heteroatoms. The Hall–Kier alpha value is -4.08. The zero-order valence-corrected chi connectivity index (χ0v) is 18.6. The first-order valence-electron chi connectivity index (χ1n) is 10.9. The highest BCUT2D eigenvalue weighted by Crippen LogP contribution is 2.05. The van der Waals surface area contributed by atoms with Gasteiger partial charge in [-0.2, -0.15) is 0 Å². The number of amides is 3. The molecule has 2 rings (SSSR count). The quantitative estimate of drug-likeness (QED) is 0.281. The number of rotatable bonds is 13. The van der Waals surface area contributed by atoms with Crippen LogP contribution in [0.5, 0.6) is 0 Å². The van der Waals surface area contributed by atoms with E-state index in [0.717, 1.165) is 11.1 Å². The molecule has 0 unspecified atom stereocenters. The molecular formula is C24H29N3O7. The van der Waals surface area contributed by atoms with Gasteiger partial charge in [0.15, 0.2) is 0 Å².